The van der Waals surface area contributed by atoms with E-state index in [1.807, 2.05) is 25.1 Å². The number of aryl methyl sites for hydroxylation is 1. The number of piperidine rings is 1. The molecule has 0 bridgehead atoms. The van der Waals surface area contributed by atoms with Crippen LogP contribution in [0.5, 0.6) is 5.75 Å². The molecular formula is C13H18ClNO. The summed E-state index contributed by atoms with van der Waals surface area (Å²) in [6.45, 7) is 5.02. The van der Waals surface area contributed by atoms with Crippen molar-refractivity contribution in [2.24, 2.45) is 5.92 Å². The molecule has 0 unspecified atom stereocenters. The van der Waals surface area contributed by atoms with E-state index in [-0.39, 0.29) is 0 Å². The quantitative estimate of drug-likeness (QED) is 0.876. The Bertz CT molecular complexity index is 348. The number of hydrogen-bond acceptors (Lipinski definition) is 2. The summed E-state index contributed by atoms with van der Waals surface area (Å²) in [4.78, 5) is 0. The van der Waals surface area contributed by atoms with Gasteiger partial charge in [0, 0.05) is 17.5 Å². The molecule has 1 aliphatic rings. The van der Waals surface area contributed by atoms with Crippen molar-refractivity contribution in [2.75, 3.05) is 19.7 Å². The van der Waals surface area contributed by atoms with Crippen LogP contribution in [0.4, 0.5) is 0 Å². The van der Waals surface area contributed by atoms with Crippen molar-refractivity contribution in [1.82, 2.24) is 5.32 Å². The first-order valence-electron chi connectivity index (χ1n) is 5.85. The zero-order valence-corrected chi connectivity index (χ0v) is 10.4. The number of halogens is 1. The van der Waals surface area contributed by atoms with E-state index in [1.54, 1.807) is 0 Å². The van der Waals surface area contributed by atoms with Gasteiger partial charge in [-0.1, -0.05) is 11.6 Å². The summed E-state index contributed by atoms with van der Waals surface area (Å²) in [6, 6.07) is 5.83. The molecule has 1 atom stereocenters. The first kappa shape index (κ1) is 11.7. The molecule has 0 saturated carbocycles. The second-order valence-corrected chi connectivity index (χ2v) is 4.84. The molecule has 1 aromatic carbocycles. The average Bonchev–Trinajstić information content (AvgIpc) is 2.32. The lowest BCUT2D eigenvalue weighted by Crippen LogP contribution is -2.33. The van der Waals surface area contributed by atoms with Crippen LogP contribution < -0.4 is 10.1 Å². The molecule has 2 nitrogen and oxygen atoms in total. The fraction of sp³-hybridized carbons (Fsp3) is 0.538. The van der Waals surface area contributed by atoms with Crippen LogP contribution >= 0.6 is 11.6 Å². The lowest BCUT2D eigenvalue weighted by atomic mass is 10.0. The van der Waals surface area contributed by atoms with E-state index in [0.717, 1.165) is 36.0 Å². The molecule has 16 heavy (non-hydrogen) atoms. The maximum Gasteiger partial charge on any atom is 0.119 e. The molecule has 0 spiro atoms. The Kier molecular flexibility index (Phi) is 4.08. The summed E-state index contributed by atoms with van der Waals surface area (Å²) in [5.41, 5.74) is 1.07. The topological polar surface area (TPSA) is 21.3 Å². The summed E-state index contributed by atoms with van der Waals surface area (Å²) in [7, 11) is 0. The second kappa shape index (κ2) is 5.55. The van der Waals surface area contributed by atoms with Gasteiger partial charge < -0.3 is 10.1 Å². The van der Waals surface area contributed by atoms with Crippen LogP contribution in [0.1, 0.15) is 18.4 Å². The molecule has 88 valence electrons. The predicted octanol–water partition coefficient (Wildman–Crippen LogP) is 3.03. The number of nitrogens with one attached hydrogen (secondary N) is 1. The normalized spacial score (nSPS) is 20.8. The SMILES string of the molecule is Cc1cc(OC[C@H]2CCCNC2)ccc1Cl. The monoisotopic (exact) mass is 239 g/mol. The average molecular weight is 240 g/mol. The van der Waals surface area contributed by atoms with Crippen molar-refractivity contribution in [3.05, 3.63) is 28.8 Å². The van der Waals surface area contributed by atoms with E-state index in [0.29, 0.717) is 5.92 Å². The molecule has 1 saturated heterocycles. The summed E-state index contributed by atoms with van der Waals surface area (Å²) in [5.74, 6) is 1.57. The van der Waals surface area contributed by atoms with E-state index >= 15 is 0 Å². The third-order valence-corrected chi connectivity index (χ3v) is 3.44. The van der Waals surface area contributed by atoms with Crippen LogP contribution in [0, 0.1) is 12.8 Å². The van der Waals surface area contributed by atoms with Gasteiger partial charge in [0.25, 0.3) is 0 Å². The molecule has 1 N–H and O–H groups in total. The molecule has 1 heterocycles. The largest absolute Gasteiger partial charge is 0.493 e. The molecular weight excluding hydrogens is 222 g/mol. The Labute approximate surface area is 102 Å². The van der Waals surface area contributed by atoms with Crippen LogP contribution in [0.3, 0.4) is 0 Å². The predicted molar refractivity (Wildman–Crippen MR) is 67.3 cm³/mol. The smallest absolute Gasteiger partial charge is 0.119 e. The molecule has 0 amide bonds. The van der Waals surface area contributed by atoms with Gasteiger partial charge in [-0.25, -0.2) is 0 Å². The second-order valence-electron chi connectivity index (χ2n) is 4.43. The van der Waals surface area contributed by atoms with Gasteiger partial charge in [-0.05, 0) is 50.1 Å². The fourth-order valence-electron chi connectivity index (χ4n) is 1.99. The van der Waals surface area contributed by atoms with Crippen molar-refractivity contribution >= 4 is 11.6 Å². The number of rotatable bonds is 3. The maximum absolute atomic E-state index is 5.96. The Morgan fingerprint density at radius 2 is 2.38 bits per heavy atom. The van der Waals surface area contributed by atoms with Crippen molar-refractivity contribution < 1.29 is 4.74 Å². The minimum absolute atomic E-state index is 0.643. The van der Waals surface area contributed by atoms with Crippen molar-refractivity contribution in [3.63, 3.8) is 0 Å². The zero-order chi connectivity index (χ0) is 11.4. The standard InChI is InChI=1S/C13H18ClNO/c1-10-7-12(4-5-13(10)14)16-9-11-3-2-6-15-8-11/h4-5,7,11,15H,2-3,6,8-9H2,1H3/t11-/m0/s1. The van der Waals surface area contributed by atoms with Gasteiger partial charge in [0.15, 0.2) is 0 Å². The molecule has 1 aromatic rings. The highest BCUT2D eigenvalue weighted by atomic mass is 35.5. The molecule has 0 aliphatic carbocycles. The lowest BCUT2D eigenvalue weighted by Gasteiger charge is -2.22. The summed E-state index contributed by atoms with van der Waals surface area (Å²) >= 11 is 5.96. The van der Waals surface area contributed by atoms with Gasteiger partial charge in [0.1, 0.15) is 5.75 Å². The van der Waals surface area contributed by atoms with Gasteiger partial charge in [0.05, 0.1) is 6.61 Å². The van der Waals surface area contributed by atoms with Crippen LogP contribution in [-0.2, 0) is 0 Å². The Morgan fingerprint density at radius 1 is 1.50 bits per heavy atom. The van der Waals surface area contributed by atoms with Crippen molar-refractivity contribution in [2.45, 2.75) is 19.8 Å². The molecule has 2 rings (SSSR count). The highest BCUT2D eigenvalue weighted by molar-refractivity contribution is 6.31. The fourth-order valence-corrected chi connectivity index (χ4v) is 2.10. The highest BCUT2D eigenvalue weighted by Crippen LogP contribution is 2.22. The van der Waals surface area contributed by atoms with Gasteiger partial charge in [0.2, 0.25) is 0 Å². The maximum atomic E-state index is 5.96. The van der Waals surface area contributed by atoms with E-state index in [4.69, 9.17) is 16.3 Å². The van der Waals surface area contributed by atoms with Gasteiger partial charge in [-0.3, -0.25) is 0 Å². The molecule has 1 aliphatic heterocycles. The summed E-state index contributed by atoms with van der Waals surface area (Å²) in [5, 5.41) is 4.19. The minimum Gasteiger partial charge on any atom is -0.493 e. The van der Waals surface area contributed by atoms with Crippen LogP contribution in [0.25, 0.3) is 0 Å². The minimum atomic E-state index is 0.643. The third-order valence-electron chi connectivity index (χ3n) is 3.01. The van der Waals surface area contributed by atoms with Crippen LogP contribution in [-0.4, -0.2) is 19.7 Å². The third kappa shape index (κ3) is 3.13. The summed E-state index contributed by atoms with van der Waals surface area (Å²) < 4.78 is 5.78. The highest BCUT2D eigenvalue weighted by Gasteiger charge is 2.13. The van der Waals surface area contributed by atoms with E-state index in [1.165, 1.54) is 12.8 Å². The number of ether oxygens (including phenoxy) is 1. The first-order valence-corrected chi connectivity index (χ1v) is 6.23. The Hall–Kier alpha value is -0.730. The van der Waals surface area contributed by atoms with Gasteiger partial charge in [-0.15, -0.1) is 0 Å². The van der Waals surface area contributed by atoms with Crippen molar-refractivity contribution in [1.29, 1.82) is 0 Å². The van der Waals surface area contributed by atoms with Crippen LogP contribution in [0.15, 0.2) is 18.2 Å². The number of benzene rings is 1. The van der Waals surface area contributed by atoms with E-state index < -0.39 is 0 Å². The Morgan fingerprint density at radius 3 is 3.06 bits per heavy atom. The van der Waals surface area contributed by atoms with Gasteiger partial charge >= 0.3 is 0 Å². The van der Waals surface area contributed by atoms with E-state index in [9.17, 15) is 0 Å². The Balaban J connectivity index is 1.86. The zero-order valence-electron chi connectivity index (χ0n) is 9.63. The van der Waals surface area contributed by atoms with Crippen molar-refractivity contribution in [3.8, 4) is 5.75 Å². The number of hydrogen-bond donors (Lipinski definition) is 1. The molecule has 1 fully saturated rings. The van der Waals surface area contributed by atoms with Crippen LogP contribution in [0.2, 0.25) is 5.02 Å². The molecule has 0 aromatic heterocycles. The lowest BCUT2D eigenvalue weighted by molar-refractivity contribution is 0.218. The van der Waals surface area contributed by atoms with Gasteiger partial charge in [-0.2, -0.15) is 0 Å². The first-order chi connectivity index (χ1) is 7.75. The summed E-state index contributed by atoms with van der Waals surface area (Å²) in [6.07, 6.45) is 2.52. The molecule has 3 heteroatoms. The molecule has 0 radical (unpaired) electrons. The van der Waals surface area contributed by atoms with E-state index in [2.05, 4.69) is 5.32 Å².